The summed E-state index contributed by atoms with van der Waals surface area (Å²) in [7, 11) is 0. The van der Waals surface area contributed by atoms with Crippen LogP contribution in [0, 0.1) is 0 Å². The molecule has 0 aliphatic rings. The van der Waals surface area contributed by atoms with Gasteiger partial charge in [-0.05, 0) is 32.1 Å². The molecule has 5 heteroatoms. The fourth-order valence-corrected chi connectivity index (χ4v) is 1.83. The van der Waals surface area contributed by atoms with Crippen LogP contribution in [0.5, 0.6) is 0 Å². The molecule has 0 saturated carbocycles. The molecule has 0 aromatic carbocycles. The summed E-state index contributed by atoms with van der Waals surface area (Å²) >= 11 is 5.84. The minimum atomic E-state index is 0.360. The first kappa shape index (κ1) is 14.1. The summed E-state index contributed by atoms with van der Waals surface area (Å²) in [6.07, 6.45) is 2.74. The summed E-state index contributed by atoms with van der Waals surface area (Å²) in [5.41, 5.74) is 7.20. The van der Waals surface area contributed by atoms with E-state index in [4.69, 9.17) is 17.3 Å². The van der Waals surface area contributed by atoms with Crippen molar-refractivity contribution in [3.63, 3.8) is 0 Å². The number of rotatable bonds is 7. The number of nitrogens with one attached hydrogen (secondary N) is 1. The molecule has 0 fully saturated rings. The van der Waals surface area contributed by atoms with E-state index in [1.807, 2.05) is 6.07 Å². The van der Waals surface area contributed by atoms with Gasteiger partial charge in [-0.3, -0.25) is 0 Å². The zero-order valence-electron chi connectivity index (χ0n) is 10.5. The third-order valence-corrected chi connectivity index (χ3v) is 3.10. The van der Waals surface area contributed by atoms with E-state index in [0.29, 0.717) is 10.8 Å². The second-order valence-electron chi connectivity index (χ2n) is 3.87. The molecule has 0 unspecified atom stereocenters. The zero-order chi connectivity index (χ0) is 12.7. The van der Waals surface area contributed by atoms with Crippen LogP contribution in [0.25, 0.3) is 0 Å². The Balaban J connectivity index is 2.33. The van der Waals surface area contributed by atoms with Crippen molar-refractivity contribution in [2.45, 2.75) is 20.3 Å². The smallest absolute Gasteiger partial charge is 0.153 e. The molecular formula is C12H21ClN4. The van der Waals surface area contributed by atoms with Gasteiger partial charge in [0.15, 0.2) is 5.15 Å². The number of halogens is 1. The van der Waals surface area contributed by atoms with Crippen molar-refractivity contribution in [3.8, 4) is 0 Å². The normalized spacial score (nSPS) is 10.8. The highest BCUT2D eigenvalue weighted by Crippen LogP contribution is 2.24. The summed E-state index contributed by atoms with van der Waals surface area (Å²) < 4.78 is 0. The van der Waals surface area contributed by atoms with Gasteiger partial charge in [-0.2, -0.15) is 0 Å². The third-order valence-electron chi connectivity index (χ3n) is 2.80. The van der Waals surface area contributed by atoms with E-state index in [2.05, 4.69) is 29.0 Å². The van der Waals surface area contributed by atoms with Gasteiger partial charge in [0.2, 0.25) is 0 Å². The van der Waals surface area contributed by atoms with Crippen LogP contribution in [-0.4, -0.2) is 36.1 Å². The van der Waals surface area contributed by atoms with Gasteiger partial charge >= 0.3 is 0 Å². The van der Waals surface area contributed by atoms with Crippen LogP contribution in [0.1, 0.15) is 20.3 Å². The first-order valence-corrected chi connectivity index (χ1v) is 6.43. The topological polar surface area (TPSA) is 54.2 Å². The van der Waals surface area contributed by atoms with Crippen LogP contribution >= 0.6 is 11.6 Å². The fourth-order valence-electron chi connectivity index (χ4n) is 1.67. The van der Waals surface area contributed by atoms with Crippen LogP contribution in [0.3, 0.4) is 0 Å². The molecule has 0 spiro atoms. The lowest BCUT2D eigenvalue weighted by molar-refractivity contribution is 0.303. The first-order valence-electron chi connectivity index (χ1n) is 6.05. The quantitative estimate of drug-likeness (QED) is 0.581. The maximum atomic E-state index is 5.84. The van der Waals surface area contributed by atoms with Gasteiger partial charge < -0.3 is 16.0 Å². The van der Waals surface area contributed by atoms with E-state index in [0.717, 1.165) is 38.3 Å². The van der Waals surface area contributed by atoms with Gasteiger partial charge in [0, 0.05) is 12.7 Å². The van der Waals surface area contributed by atoms with Crippen molar-refractivity contribution in [3.05, 3.63) is 17.4 Å². The molecule has 1 aromatic heterocycles. The second-order valence-corrected chi connectivity index (χ2v) is 4.23. The lowest BCUT2D eigenvalue weighted by atomic mass is 10.3. The number of hydrogen-bond donors (Lipinski definition) is 2. The largest absolute Gasteiger partial charge is 0.395 e. The van der Waals surface area contributed by atoms with Crippen molar-refractivity contribution >= 4 is 23.0 Å². The summed E-state index contributed by atoms with van der Waals surface area (Å²) in [4.78, 5) is 6.31. The Kier molecular flexibility index (Phi) is 6.08. The molecule has 1 aromatic rings. The van der Waals surface area contributed by atoms with Crippen molar-refractivity contribution in [1.82, 2.24) is 9.88 Å². The molecule has 4 nitrogen and oxygen atoms in total. The molecule has 17 heavy (non-hydrogen) atoms. The van der Waals surface area contributed by atoms with E-state index >= 15 is 0 Å². The maximum Gasteiger partial charge on any atom is 0.153 e. The average molecular weight is 257 g/mol. The molecule has 1 rings (SSSR count). The van der Waals surface area contributed by atoms with Crippen molar-refractivity contribution in [2.24, 2.45) is 0 Å². The number of nitrogens with zero attached hydrogens (tertiary/aromatic N) is 2. The van der Waals surface area contributed by atoms with Crippen LogP contribution in [0.4, 0.5) is 11.4 Å². The predicted molar refractivity (Wildman–Crippen MR) is 74.6 cm³/mol. The zero-order valence-corrected chi connectivity index (χ0v) is 11.3. The van der Waals surface area contributed by atoms with Crippen molar-refractivity contribution in [2.75, 3.05) is 37.2 Å². The van der Waals surface area contributed by atoms with E-state index in [1.165, 1.54) is 0 Å². The number of hydrogen-bond acceptors (Lipinski definition) is 4. The molecule has 3 N–H and O–H groups in total. The lowest BCUT2D eigenvalue weighted by Crippen LogP contribution is -2.25. The molecule has 0 saturated heterocycles. The molecule has 0 radical (unpaired) electrons. The predicted octanol–water partition coefficient (Wildman–Crippen LogP) is 2.46. The van der Waals surface area contributed by atoms with Crippen LogP contribution < -0.4 is 11.1 Å². The van der Waals surface area contributed by atoms with Crippen LogP contribution in [0.15, 0.2) is 12.3 Å². The Labute approximate surface area is 108 Å². The minimum absolute atomic E-state index is 0.360. The number of aromatic nitrogens is 1. The van der Waals surface area contributed by atoms with Gasteiger partial charge in [-0.25, -0.2) is 4.98 Å². The molecule has 96 valence electrons. The van der Waals surface area contributed by atoms with Crippen molar-refractivity contribution < 1.29 is 0 Å². The molecule has 0 atom stereocenters. The third kappa shape index (κ3) is 4.40. The highest BCUT2D eigenvalue weighted by Gasteiger charge is 2.03. The Morgan fingerprint density at radius 1 is 1.41 bits per heavy atom. The summed E-state index contributed by atoms with van der Waals surface area (Å²) in [6.45, 7) is 8.54. The van der Waals surface area contributed by atoms with Gasteiger partial charge in [-0.1, -0.05) is 25.4 Å². The number of pyridine rings is 1. The molecular weight excluding hydrogens is 236 g/mol. The molecule has 0 aliphatic carbocycles. The highest BCUT2D eigenvalue weighted by atomic mass is 35.5. The number of nitrogens with two attached hydrogens (primary N) is 1. The maximum absolute atomic E-state index is 5.84. The van der Waals surface area contributed by atoms with E-state index in [-0.39, 0.29) is 0 Å². The Morgan fingerprint density at radius 2 is 2.12 bits per heavy atom. The standard InChI is InChI=1S/C12H21ClN4/c1-3-17(4-2)9-5-7-15-10-6-8-16-12(13)11(10)14/h6,8H,3-5,7,9,14H2,1-2H3,(H,15,16). The van der Waals surface area contributed by atoms with Crippen molar-refractivity contribution in [1.29, 1.82) is 0 Å². The summed E-state index contributed by atoms with van der Waals surface area (Å²) in [5, 5.41) is 3.64. The lowest BCUT2D eigenvalue weighted by Gasteiger charge is -2.18. The Morgan fingerprint density at radius 3 is 2.76 bits per heavy atom. The van der Waals surface area contributed by atoms with Gasteiger partial charge in [0.25, 0.3) is 0 Å². The highest BCUT2D eigenvalue weighted by molar-refractivity contribution is 6.32. The van der Waals surface area contributed by atoms with E-state index in [1.54, 1.807) is 6.20 Å². The second kappa shape index (κ2) is 7.35. The molecule has 1 heterocycles. The summed E-state index contributed by atoms with van der Waals surface area (Å²) in [5.74, 6) is 0. The van der Waals surface area contributed by atoms with E-state index < -0.39 is 0 Å². The molecule has 0 aliphatic heterocycles. The summed E-state index contributed by atoms with van der Waals surface area (Å²) in [6, 6.07) is 1.85. The molecule has 0 amide bonds. The Hall–Kier alpha value is -1.00. The fraction of sp³-hybridized carbons (Fsp3) is 0.583. The number of anilines is 2. The monoisotopic (exact) mass is 256 g/mol. The van der Waals surface area contributed by atoms with Gasteiger partial charge in [0.1, 0.15) is 0 Å². The number of nitrogen functional groups attached to an aromatic ring is 1. The Bertz CT molecular complexity index is 339. The van der Waals surface area contributed by atoms with E-state index in [9.17, 15) is 0 Å². The first-order chi connectivity index (χ1) is 8.19. The van der Waals surface area contributed by atoms with Crippen LogP contribution in [-0.2, 0) is 0 Å². The molecule has 0 bridgehead atoms. The van der Waals surface area contributed by atoms with Gasteiger partial charge in [-0.15, -0.1) is 0 Å². The minimum Gasteiger partial charge on any atom is -0.395 e. The van der Waals surface area contributed by atoms with Gasteiger partial charge in [0.05, 0.1) is 11.4 Å². The van der Waals surface area contributed by atoms with Crippen LogP contribution in [0.2, 0.25) is 5.15 Å². The average Bonchev–Trinajstić information content (AvgIpc) is 2.34. The SMILES string of the molecule is CCN(CC)CCCNc1ccnc(Cl)c1N.